The lowest BCUT2D eigenvalue weighted by molar-refractivity contribution is 0.482. The number of hydrogen-bond acceptors (Lipinski definition) is 4. The van der Waals surface area contributed by atoms with Crippen LogP contribution >= 0.6 is 23.1 Å². The average molecular weight is 349 g/mol. The van der Waals surface area contributed by atoms with E-state index in [9.17, 15) is 0 Å². The first-order chi connectivity index (χ1) is 11.9. The predicted octanol–water partition coefficient (Wildman–Crippen LogP) is 6.38. The Morgan fingerprint density at radius 2 is 1.62 bits per heavy atom. The molecule has 0 unspecified atom stereocenters. The number of para-hydroxylation sites is 2. The molecule has 0 amide bonds. The molecule has 3 aromatic carbocycles. The normalized spacial score (nSPS) is 10.8. The van der Waals surface area contributed by atoms with Crippen molar-refractivity contribution in [2.75, 3.05) is 0 Å². The Morgan fingerprint density at radius 3 is 2.50 bits per heavy atom. The van der Waals surface area contributed by atoms with E-state index in [-0.39, 0.29) is 0 Å². The van der Waals surface area contributed by atoms with Crippen molar-refractivity contribution in [1.82, 2.24) is 4.98 Å². The van der Waals surface area contributed by atoms with Crippen LogP contribution in [-0.2, 0) is 5.75 Å². The fourth-order valence-corrected chi connectivity index (χ4v) is 4.39. The lowest BCUT2D eigenvalue weighted by atomic mass is 10.2. The maximum Gasteiger partial charge on any atom is 0.151 e. The van der Waals surface area contributed by atoms with Crippen LogP contribution in [0.4, 0.5) is 0 Å². The third-order valence-corrected chi connectivity index (χ3v) is 5.76. The number of benzene rings is 3. The van der Waals surface area contributed by atoms with Gasteiger partial charge in [-0.3, -0.25) is 0 Å². The van der Waals surface area contributed by atoms with Gasteiger partial charge in [0.1, 0.15) is 11.5 Å². The first-order valence-electron chi connectivity index (χ1n) is 7.67. The summed E-state index contributed by atoms with van der Waals surface area (Å²) in [7, 11) is 0. The minimum absolute atomic E-state index is 0.855. The Balaban J connectivity index is 1.45. The molecule has 0 saturated carbocycles. The van der Waals surface area contributed by atoms with Crippen LogP contribution in [0.5, 0.6) is 11.5 Å². The van der Waals surface area contributed by atoms with E-state index in [1.807, 2.05) is 48.5 Å². The topological polar surface area (TPSA) is 22.1 Å². The van der Waals surface area contributed by atoms with Crippen molar-refractivity contribution in [3.05, 3.63) is 84.4 Å². The molecule has 0 atom stereocenters. The van der Waals surface area contributed by atoms with Crippen molar-refractivity contribution in [1.29, 1.82) is 0 Å². The molecule has 24 heavy (non-hydrogen) atoms. The SMILES string of the molecule is c1ccc(Oc2cccc(CSc3nc4ccccc4s3)c2)cc1. The number of thiazole rings is 1. The molecule has 0 radical (unpaired) electrons. The van der Waals surface area contributed by atoms with E-state index in [1.54, 1.807) is 23.1 Å². The lowest BCUT2D eigenvalue weighted by Crippen LogP contribution is -1.86. The zero-order valence-corrected chi connectivity index (χ0v) is 14.5. The van der Waals surface area contributed by atoms with Crippen LogP contribution in [0, 0.1) is 0 Å². The Kier molecular flexibility index (Phi) is 4.49. The highest BCUT2D eigenvalue weighted by Gasteiger charge is 2.05. The van der Waals surface area contributed by atoms with Crippen LogP contribution in [0.2, 0.25) is 0 Å². The first kappa shape index (κ1) is 15.2. The zero-order valence-electron chi connectivity index (χ0n) is 12.9. The quantitative estimate of drug-likeness (QED) is 0.390. The highest BCUT2D eigenvalue weighted by molar-refractivity contribution is 8.00. The van der Waals surface area contributed by atoms with Crippen molar-refractivity contribution in [2.24, 2.45) is 0 Å². The van der Waals surface area contributed by atoms with Crippen molar-refractivity contribution < 1.29 is 4.74 Å². The Labute approximate surface area is 149 Å². The van der Waals surface area contributed by atoms with Crippen LogP contribution in [0.25, 0.3) is 10.2 Å². The van der Waals surface area contributed by atoms with Crippen LogP contribution < -0.4 is 4.74 Å². The lowest BCUT2D eigenvalue weighted by Gasteiger charge is -2.07. The van der Waals surface area contributed by atoms with Gasteiger partial charge in [-0.15, -0.1) is 11.3 Å². The molecule has 0 fully saturated rings. The predicted molar refractivity (Wildman–Crippen MR) is 102 cm³/mol. The first-order valence-corrected chi connectivity index (χ1v) is 9.47. The molecule has 4 rings (SSSR count). The zero-order chi connectivity index (χ0) is 16.2. The molecule has 0 aliphatic heterocycles. The summed E-state index contributed by atoms with van der Waals surface area (Å²) in [5, 5.41) is 0. The van der Waals surface area contributed by atoms with E-state index < -0.39 is 0 Å². The number of fused-ring (bicyclic) bond motifs is 1. The largest absolute Gasteiger partial charge is 0.457 e. The minimum atomic E-state index is 0.855. The smallest absolute Gasteiger partial charge is 0.151 e. The summed E-state index contributed by atoms with van der Waals surface area (Å²) in [6.07, 6.45) is 0. The molecule has 1 heterocycles. The van der Waals surface area contributed by atoms with Crippen molar-refractivity contribution in [3.8, 4) is 11.5 Å². The summed E-state index contributed by atoms with van der Waals surface area (Å²) in [6, 6.07) is 26.3. The van der Waals surface area contributed by atoms with Crippen molar-refractivity contribution >= 4 is 33.3 Å². The molecular weight excluding hydrogens is 334 g/mol. The third-order valence-electron chi connectivity index (χ3n) is 3.51. The summed E-state index contributed by atoms with van der Waals surface area (Å²) in [5.74, 6) is 2.60. The van der Waals surface area contributed by atoms with E-state index in [4.69, 9.17) is 4.74 Å². The van der Waals surface area contributed by atoms with Gasteiger partial charge in [0, 0.05) is 5.75 Å². The van der Waals surface area contributed by atoms with E-state index in [1.165, 1.54) is 10.3 Å². The van der Waals surface area contributed by atoms with Gasteiger partial charge in [-0.25, -0.2) is 4.98 Å². The summed E-state index contributed by atoms with van der Waals surface area (Å²) in [4.78, 5) is 4.67. The summed E-state index contributed by atoms with van der Waals surface area (Å²) >= 11 is 3.51. The molecule has 0 N–H and O–H groups in total. The van der Waals surface area contributed by atoms with E-state index in [0.29, 0.717) is 0 Å². The van der Waals surface area contributed by atoms with Gasteiger partial charge in [0.2, 0.25) is 0 Å². The Hall–Kier alpha value is -2.30. The van der Waals surface area contributed by atoms with Gasteiger partial charge >= 0.3 is 0 Å². The van der Waals surface area contributed by atoms with Crippen LogP contribution in [0.3, 0.4) is 0 Å². The highest BCUT2D eigenvalue weighted by Crippen LogP contribution is 2.32. The Bertz CT molecular complexity index is 917. The second kappa shape index (κ2) is 7.07. The van der Waals surface area contributed by atoms with E-state index in [0.717, 1.165) is 27.1 Å². The molecular formula is C20H15NOS2. The number of ether oxygens (including phenoxy) is 1. The van der Waals surface area contributed by atoms with Gasteiger partial charge in [0.15, 0.2) is 4.34 Å². The van der Waals surface area contributed by atoms with Gasteiger partial charge in [-0.2, -0.15) is 0 Å². The second-order valence-corrected chi connectivity index (χ2v) is 7.55. The molecule has 4 aromatic rings. The van der Waals surface area contributed by atoms with E-state index in [2.05, 4.69) is 35.3 Å². The maximum atomic E-state index is 5.90. The fraction of sp³-hybridized carbons (Fsp3) is 0.0500. The minimum Gasteiger partial charge on any atom is -0.457 e. The van der Waals surface area contributed by atoms with Crippen LogP contribution in [0.15, 0.2) is 83.2 Å². The van der Waals surface area contributed by atoms with Crippen LogP contribution in [0.1, 0.15) is 5.56 Å². The number of nitrogens with zero attached hydrogens (tertiary/aromatic N) is 1. The molecule has 2 nitrogen and oxygen atoms in total. The second-order valence-electron chi connectivity index (χ2n) is 5.30. The van der Waals surface area contributed by atoms with Gasteiger partial charge in [-0.1, -0.05) is 54.2 Å². The Morgan fingerprint density at radius 1 is 0.833 bits per heavy atom. The van der Waals surface area contributed by atoms with Crippen LogP contribution in [-0.4, -0.2) is 4.98 Å². The molecule has 0 saturated heterocycles. The molecule has 4 heteroatoms. The van der Waals surface area contributed by atoms with Gasteiger partial charge in [-0.05, 0) is 42.0 Å². The number of hydrogen-bond donors (Lipinski definition) is 0. The summed E-state index contributed by atoms with van der Waals surface area (Å²) in [6.45, 7) is 0. The van der Waals surface area contributed by atoms with E-state index >= 15 is 0 Å². The number of aromatic nitrogens is 1. The number of thioether (sulfide) groups is 1. The molecule has 0 aliphatic rings. The van der Waals surface area contributed by atoms with Gasteiger partial charge in [0.05, 0.1) is 10.2 Å². The maximum absolute atomic E-state index is 5.90. The van der Waals surface area contributed by atoms with Gasteiger partial charge < -0.3 is 4.74 Å². The summed E-state index contributed by atoms with van der Waals surface area (Å²) < 4.78 is 8.24. The van der Waals surface area contributed by atoms with Crippen molar-refractivity contribution in [3.63, 3.8) is 0 Å². The monoisotopic (exact) mass is 349 g/mol. The average Bonchev–Trinajstić information content (AvgIpc) is 3.04. The van der Waals surface area contributed by atoms with Crippen molar-refractivity contribution in [2.45, 2.75) is 10.1 Å². The molecule has 0 bridgehead atoms. The summed E-state index contributed by atoms with van der Waals surface area (Å²) in [5.41, 5.74) is 2.30. The molecule has 0 aliphatic carbocycles. The third kappa shape index (κ3) is 3.61. The highest BCUT2D eigenvalue weighted by atomic mass is 32.2. The fourth-order valence-electron chi connectivity index (χ4n) is 2.38. The standard InChI is InChI=1S/C20H15NOS2/c1-2-8-16(9-3-1)22-17-10-6-7-15(13-17)14-23-20-21-18-11-4-5-12-19(18)24-20/h1-13H,14H2. The molecule has 1 aromatic heterocycles. The van der Waals surface area contributed by atoms with Gasteiger partial charge in [0.25, 0.3) is 0 Å². The molecule has 0 spiro atoms. The number of rotatable bonds is 5. The molecule has 118 valence electrons.